The highest BCUT2D eigenvalue weighted by molar-refractivity contribution is 5.57. The van der Waals surface area contributed by atoms with Gasteiger partial charge >= 0.3 is 0 Å². The van der Waals surface area contributed by atoms with Gasteiger partial charge in [0.05, 0.1) is 5.56 Å². The van der Waals surface area contributed by atoms with Crippen molar-refractivity contribution in [2.75, 3.05) is 0 Å². The van der Waals surface area contributed by atoms with Crippen LogP contribution in [0.1, 0.15) is 17.8 Å². The predicted molar refractivity (Wildman–Crippen MR) is 87.9 cm³/mol. The third-order valence-electron chi connectivity index (χ3n) is 3.60. The first-order valence-corrected chi connectivity index (χ1v) is 7.60. The van der Waals surface area contributed by atoms with Gasteiger partial charge in [0.1, 0.15) is 11.6 Å². The smallest absolute Gasteiger partial charge is 0.290 e. The lowest BCUT2D eigenvalue weighted by Crippen LogP contribution is -2.04. The van der Waals surface area contributed by atoms with E-state index < -0.39 is 11.6 Å². The number of hydrogen-bond acceptors (Lipinski definition) is 3. The van der Waals surface area contributed by atoms with Crippen LogP contribution in [0.2, 0.25) is 0 Å². The zero-order chi connectivity index (χ0) is 18.2. The number of aromatic amines is 1. The van der Waals surface area contributed by atoms with Crippen molar-refractivity contribution in [1.82, 2.24) is 19.5 Å². The van der Waals surface area contributed by atoms with Crippen LogP contribution in [0, 0.1) is 18.6 Å². The molecule has 3 rings (SSSR count). The molecule has 2 N–H and O–H groups in total. The molecule has 0 saturated carbocycles. The third-order valence-corrected chi connectivity index (χ3v) is 3.60. The van der Waals surface area contributed by atoms with Crippen LogP contribution in [0.5, 0.6) is 0 Å². The number of benzene rings is 1. The second-order valence-corrected chi connectivity index (χ2v) is 5.25. The summed E-state index contributed by atoms with van der Waals surface area (Å²) in [6.45, 7) is 1.95. The van der Waals surface area contributed by atoms with Gasteiger partial charge in [-0.25, -0.2) is 18.7 Å². The molecule has 25 heavy (non-hydrogen) atoms. The lowest BCUT2D eigenvalue weighted by Gasteiger charge is -2.09. The molecule has 132 valence electrons. The maximum absolute atomic E-state index is 14.1. The summed E-state index contributed by atoms with van der Waals surface area (Å²) in [5.74, 6) is -0.314. The molecule has 0 aliphatic heterocycles. The van der Waals surface area contributed by atoms with E-state index in [1.807, 2.05) is 4.57 Å². The van der Waals surface area contributed by atoms with Gasteiger partial charge < -0.3 is 14.7 Å². The van der Waals surface area contributed by atoms with Crippen LogP contribution >= 0.6 is 0 Å². The van der Waals surface area contributed by atoms with Crippen LogP contribution in [-0.4, -0.2) is 31.1 Å². The monoisotopic (exact) mass is 348 g/mol. The first-order valence-electron chi connectivity index (χ1n) is 7.60. The fourth-order valence-corrected chi connectivity index (χ4v) is 2.40. The molecule has 0 radical (unpaired) electrons. The van der Waals surface area contributed by atoms with E-state index in [1.54, 1.807) is 36.9 Å². The Balaban J connectivity index is 0.000000701. The molecule has 3 aromatic rings. The average molecular weight is 348 g/mol. The van der Waals surface area contributed by atoms with Crippen molar-refractivity contribution in [2.24, 2.45) is 0 Å². The summed E-state index contributed by atoms with van der Waals surface area (Å²) in [4.78, 5) is 19.7. The van der Waals surface area contributed by atoms with Crippen molar-refractivity contribution in [3.8, 4) is 11.4 Å². The van der Waals surface area contributed by atoms with Gasteiger partial charge in [-0.3, -0.25) is 4.79 Å². The number of nitrogens with zero attached hydrogens (tertiary/aromatic N) is 3. The Morgan fingerprint density at radius 1 is 1.24 bits per heavy atom. The van der Waals surface area contributed by atoms with Gasteiger partial charge in [-0.05, 0) is 25.0 Å². The van der Waals surface area contributed by atoms with Crippen LogP contribution in [0.15, 0.2) is 36.9 Å². The van der Waals surface area contributed by atoms with E-state index in [9.17, 15) is 8.78 Å². The molecule has 8 heteroatoms. The first kappa shape index (κ1) is 18.3. The maximum atomic E-state index is 14.1. The minimum absolute atomic E-state index is 0.186. The Bertz CT molecular complexity index is 816. The number of rotatable bonds is 5. The molecule has 0 saturated heterocycles. The molecule has 0 aliphatic rings. The molecule has 6 nitrogen and oxygen atoms in total. The van der Waals surface area contributed by atoms with Crippen LogP contribution in [0.3, 0.4) is 0 Å². The number of hydrogen-bond donors (Lipinski definition) is 2. The van der Waals surface area contributed by atoms with E-state index in [2.05, 4.69) is 15.0 Å². The molecule has 0 unspecified atom stereocenters. The van der Waals surface area contributed by atoms with E-state index in [0.29, 0.717) is 12.4 Å². The average Bonchev–Trinajstić information content (AvgIpc) is 3.26. The number of aryl methyl sites for hydroxylation is 3. The Labute approximate surface area is 143 Å². The normalized spacial score (nSPS) is 10.2. The molecular weight excluding hydrogens is 330 g/mol. The molecular formula is C17H18F2N4O2. The van der Waals surface area contributed by atoms with Gasteiger partial charge in [0, 0.05) is 37.8 Å². The van der Waals surface area contributed by atoms with Gasteiger partial charge in [-0.2, -0.15) is 0 Å². The summed E-state index contributed by atoms with van der Waals surface area (Å²) in [5.41, 5.74) is 0.475. The molecule has 1 aromatic carbocycles. The topological polar surface area (TPSA) is 83.8 Å². The van der Waals surface area contributed by atoms with E-state index >= 15 is 0 Å². The van der Waals surface area contributed by atoms with Crippen molar-refractivity contribution in [2.45, 2.75) is 26.3 Å². The Morgan fingerprint density at radius 3 is 2.68 bits per heavy atom. The van der Waals surface area contributed by atoms with Crippen LogP contribution in [0.25, 0.3) is 11.4 Å². The third kappa shape index (κ3) is 4.50. The van der Waals surface area contributed by atoms with Crippen LogP contribution in [0.4, 0.5) is 8.78 Å². The number of carbonyl (C=O) groups is 1. The van der Waals surface area contributed by atoms with Gasteiger partial charge in [0.2, 0.25) is 0 Å². The van der Waals surface area contributed by atoms with E-state index in [1.165, 1.54) is 6.92 Å². The van der Waals surface area contributed by atoms with Gasteiger partial charge in [-0.15, -0.1) is 0 Å². The van der Waals surface area contributed by atoms with Crippen LogP contribution in [-0.2, 0) is 17.8 Å². The maximum Gasteiger partial charge on any atom is 0.290 e. The van der Waals surface area contributed by atoms with Crippen molar-refractivity contribution in [3.05, 3.63) is 59.9 Å². The van der Waals surface area contributed by atoms with E-state index in [0.717, 1.165) is 18.7 Å². The van der Waals surface area contributed by atoms with Crippen molar-refractivity contribution < 1.29 is 18.7 Å². The lowest BCUT2D eigenvalue weighted by atomic mass is 10.1. The second-order valence-electron chi connectivity index (χ2n) is 5.25. The number of carboxylic acid groups (broad SMARTS) is 1. The predicted octanol–water partition coefficient (Wildman–Crippen LogP) is 3.19. The minimum Gasteiger partial charge on any atom is -0.483 e. The zero-order valence-electron chi connectivity index (χ0n) is 13.6. The number of nitrogens with one attached hydrogen (secondary N) is 1. The Hall–Kier alpha value is -3.03. The quantitative estimate of drug-likeness (QED) is 0.694. The lowest BCUT2D eigenvalue weighted by molar-refractivity contribution is -0.122. The highest BCUT2D eigenvalue weighted by Crippen LogP contribution is 2.25. The summed E-state index contributed by atoms with van der Waals surface area (Å²) in [5, 5.41) is 6.89. The van der Waals surface area contributed by atoms with Crippen molar-refractivity contribution in [3.63, 3.8) is 0 Å². The zero-order valence-corrected chi connectivity index (χ0v) is 13.6. The molecule has 2 heterocycles. The van der Waals surface area contributed by atoms with Crippen molar-refractivity contribution >= 4 is 6.47 Å². The number of H-pyrrole nitrogens is 1. The number of aromatic nitrogens is 4. The SMILES string of the molecule is Cc1ccc(-c2nccn2CCCc2ncc[nH]2)c(F)c1F.O=CO. The molecule has 2 aromatic heterocycles. The fraction of sp³-hybridized carbons (Fsp3) is 0.235. The molecule has 0 aliphatic carbocycles. The van der Waals surface area contributed by atoms with Gasteiger partial charge in [0.25, 0.3) is 6.47 Å². The minimum atomic E-state index is -0.849. The summed E-state index contributed by atoms with van der Waals surface area (Å²) in [7, 11) is 0. The molecule has 0 spiro atoms. The van der Waals surface area contributed by atoms with E-state index in [4.69, 9.17) is 9.90 Å². The second kappa shape index (κ2) is 8.72. The Kier molecular flexibility index (Phi) is 6.39. The first-order chi connectivity index (χ1) is 12.1. The standard InChI is InChI=1S/C16H16F2N4.CH2O2/c1-11-4-5-12(15(18)14(11)17)16-21-8-10-22(16)9-2-3-13-19-6-7-20-13;2-1-3/h4-8,10H,2-3,9H2,1H3,(H,19,20);1H,(H,2,3). The van der Waals surface area contributed by atoms with Crippen molar-refractivity contribution in [1.29, 1.82) is 0 Å². The summed E-state index contributed by atoms with van der Waals surface area (Å²) in [6, 6.07) is 3.13. The van der Waals surface area contributed by atoms with E-state index in [-0.39, 0.29) is 17.6 Å². The highest BCUT2D eigenvalue weighted by atomic mass is 19.2. The summed E-state index contributed by atoms with van der Waals surface area (Å²) < 4.78 is 29.7. The largest absolute Gasteiger partial charge is 0.483 e. The summed E-state index contributed by atoms with van der Waals surface area (Å²) >= 11 is 0. The fourth-order valence-electron chi connectivity index (χ4n) is 2.40. The van der Waals surface area contributed by atoms with Gasteiger partial charge in [-0.1, -0.05) is 6.07 Å². The molecule has 0 atom stereocenters. The Morgan fingerprint density at radius 2 is 2.00 bits per heavy atom. The van der Waals surface area contributed by atoms with Gasteiger partial charge in [0.15, 0.2) is 11.6 Å². The van der Waals surface area contributed by atoms with Crippen LogP contribution < -0.4 is 0 Å². The number of imidazole rings is 2. The molecule has 0 bridgehead atoms. The summed E-state index contributed by atoms with van der Waals surface area (Å²) in [6.07, 6.45) is 8.47. The highest BCUT2D eigenvalue weighted by Gasteiger charge is 2.16. The molecule has 0 fully saturated rings. The number of halogens is 2. The molecule has 0 amide bonds.